The average molecular weight is 194 g/mol. The van der Waals surface area contributed by atoms with Crippen LogP contribution in [0.1, 0.15) is 47.0 Å². The summed E-state index contributed by atoms with van der Waals surface area (Å²) >= 11 is 0. The summed E-state index contributed by atoms with van der Waals surface area (Å²) in [6, 6.07) is 0. The van der Waals surface area contributed by atoms with Gasteiger partial charge in [-0.2, -0.15) is 0 Å². The zero-order chi connectivity index (χ0) is 10.8. The van der Waals surface area contributed by atoms with E-state index in [2.05, 4.69) is 20.8 Å². The molecule has 14 heavy (non-hydrogen) atoms. The molecular weight excluding hydrogens is 172 g/mol. The van der Waals surface area contributed by atoms with Crippen molar-refractivity contribution < 1.29 is 4.79 Å². The molecule has 0 aromatic heterocycles. The molecule has 1 nitrogen and oxygen atoms in total. The van der Waals surface area contributed by atoms with Gasteiger partial charge in [-0.3, -0.25) is 4.79 Å². The van der Waals surface area contributed by atoms with E-state index in [0.717, 1.165) is 0 Å². The molecule has 0 unspecified atom stereocenters. The van der Waals surface area contributed by atoms with Crippen LogP contribution in [0.4, 0.5) is 0 Å². The molecule has 1 aliphatic carbocycles. The van der Waals surface area contributed by atoms with Crippen molar-refractivity contribution in [2.24, 2.45) is 17.3 Å². The van der Waals surface area contributed by atoms with E-state index in [1.807, 2.05) is 13.0 Å². The van der Waals surface area contributed by atoms with Crippen LogP contribution in [-0.2, 0) is 4.79 Å². The summed E-state index contributed by atoms with van der Waals surface area (Å²) in [6.45, 7) is 8.59. The molecule has 0 bridgehead atoms. The van der Waals surface area contributed by atoms with E-state index < -0.39 is 0 Å². The molecule has 1 rings (SSSR count). The molecule has 1 aliphatic rings. The molecule has 0 amide bonds. The van der Waals surface area contributed by atoms with Gasteiger partial charge in [-0.15, -0.1) is 0 Å². The second-order valence-corrected chi connectivity index (χ2v) is 5.24. The number of hydrogen-bond acceptors (Lipinski definition) is 1. The second-order valence-electron chi connectivity index (χ2n) is 5.24. The zero-order valence-electron chi connectivity index (χ0n) is 9.84. The first-order valence-corrected chi connectivity index (χ1v) is 5.65. The Morgan fingerprint density at radius 2 is 2.07 bits per heavy atom. The van der Waals surface area contributed by atoms with Crippen molar-refractivity contribution in [1.82, 2.24) is 0 Å². The van der Waals surface area contributed by atoms with E-state index in [1.54, 1.807) is 6.08 Å². The van der Waals surface area contributed by atoms with Crippen molar-refractivity contribution in [3.05, 3.63) is 12.2 Å². The third-order valence-corrected chi connectivity index (χ3v) is 3.53. The number of carbonyl (C=O) groups excluding carboxylic acids is 1. The molecule has 0 N–H and O–H groups in total. The Morgan fingerprint density at radius 3 is 2.57 bits per heavy atom. The van der Waals surface area contributed by atoms with Crippen LogP contribution in [0.15, 0.2) is 12.2 Å². The third kappa shape index (κ3) is 2.26. The lowest BCUT2D eigenvalue weighted by atomic mass is 9.62. The Hall–Kier alpha value is -0.590. The normalized spacial score (nSPS) is 32.0. The lowest BCUT2D eigenvalue weighted by Crippen LogP contribution is -2.38. The highest BCUT2D eigenvalue weighted by atomic mass is 16.1. The van der Waals surface area contributed by atoms with Gasteiger partial charge in [-0.1, -0.05) is 33.3 Å². The zero-order valence-corrected chi connectivity index (χ0v) is 9.84. The second kappa shape index (κ2) is 4.29. The van der Waals surface area contributed by atoms with Gasteiger partial charge in [0.2, 0.25) is 0 Å². The Morgan fingerprint density at radius 1 is 1.43 bits per heavy atom. The molecule has 0 aromatic rings. The summed E-state index contributed by atoms with van der Waals surface area (Å²) in [7, 11) is 0. The van der Waals surface area contributed by atoms with Crippen molar-refractivity contribution >= 4 is 5.78 Å². The summed E-state index contributed by atoms with van der Waals surface area (Å²) in [6.07, 6.45) is 7.27. The van der Waals surface area contributed by atoms with Crippen molar-refractivity contribution in [3.8, 4) is 0 Å². The van der Waals surface area contributed by atoms with Gasteiger partial charge >= 0.3 is 0 Å². The fraction of sp³-hybridized carbons (Fsp3) is 0.769. The van der Waals surface area contributed by atoms with Crippen LogP contribution in [-0.4, -0.2) is 5.78 Å². The molecule has 1 heteroatoms. The van der Waals surface area contributed by atoms with E-state index in [4.69, 9.17) is 0 Å². The van der Waals surface area contributed by atoms with E-state index >= 15 is 0 Å². The average Bonchev–Trinajstić information content (AvgIpc) is 2.02. The van der Waals surface area contributed by atoms with E-state index in [1.165, 1.54) is 19.3 Å². The third-order valence-electron chi connectivity index (χ3n) is 3.53. The predicted octanol–water partition coefficient (Wildman–Crippen LogP) is 3.59. The first kappa shape index (κ1) is 11.5. The number of rotatable bonds is 2. The maximum absolute atomic E-state index is 11.9. The molecule has 0 saturated heterocycles. The molecule has 80 valence electrons. The first-order chi connectivity index (χ1) is 6.49. The highest BCUT2D eigenvalue weighted by Gasteiger charge is 2.40. The van der Waals surface area contributed by atoms with Gasteiger partial charge in [-0.05, 0) is 37.2 Å². The molecule has 0 spiro atoms. The molecule has 0 heterocycles. The van der Waals surface area contributed by atoms with Gasteiger partial charge in [0, 0.05) is 5.92 Å². The SMILES string of the molecule is CC=CC(=O)[C@@H]1[C@H](C)CCCC1(C)C. The van der Waals surface area contributed by atoms with Crippen LogP contribution in [0, 0.1) is 17.3 Å². The van der Waals surface area contributed by atoms with Gasteiger partial charge in [0.05, 0.1) is 0 Å². The summed E-state index contributed by atoms with van der Waals surface area (Å²) in [5.74, 6) is 1.10. The van der Waals surface area contributed by atoms with Gasteiger partial charge in [-0.25, -0.2) is 0 Å². The van der Waals surface area contributed by atoms with Crippen LogP contribution in [0.5, 0.6) is 0 Å². The van der Waals surface area contributed by atoms with E-state index in [-0.39, 0.29) is 11.3 Å². The van der Waals surface area contributed by atoms with E-state index in [0.29, 0.717) is 11.7 Å². The number of hydrogen-bond donors (Lipinski definition) is 0. The van der Waals surface area contributed by atoms with Crippen molar-refractivity contribution in [3.63, 3.8) is 0 Å². The number of allylic oxidation sites excluding steroid dienone is 2. The van der Waals surface area contributed by atoms with Gasteiger partial charge in [0.15, 0.2) is 5.78 Å². The van der Waals surface area contributed by atoms with Crippen LogP contribution in [0.2, 0.25) is 0 Å². The van der Waals surface area contributed by atoms with Crippen LogP contribution >= 0.6 is 0 Å². The minimum Gasteiger partial charge on any atom is -0.295 e. The largest absolute Gasteiger partial charge is 0.295 e. The van der Waals surface area contributed by atoms with Crippen LogP contribution < -0.4 is 0 Å². The molecule has 0 radical (unpaired) electrons. The lowest BCUT2D eigenvalue weighted by Gasteiger charge is -2.41. The number of carbonyl (C=O) groups is 1. The fourth-order valence-electron chi connectivity index (χ4n) is 2.91. The van der Waals surface area contributed by atoms with Crippen LogP contribution in [0.25, 0.3) is 0 Å². The topological polar surface area (TPSA) is 17.1 Å². The summed E-state index contributed by atoms with van der Waals surface area (Å²) in [5, 5.41) is 0. The Kier molecular flexibility index (Phi) is 3.52. The predicted molar refractivity (Wildman–Crippen MR) is 60.1 cm³/mol. The Labute approximate surface area is 87.6 Å². The maximum Gasteiger partial charge on any atom is 0.159 e. The van der Waals surface area contributed by atoms with E-state index in [9.17, 15) is 4.79 Å². The number of ketones is 1. The smallest absolute Gasteiger partial charge is 0.159 e. The molecule has 1 fully saturated rings. The Balaban J connectivity index is 2.85. The summed E-state index contributed by atoms with van der Waals surface area (Å²) in [4.78, 5) is 11.9. The summed E-state index contributed by atoms with van der Waals surface area (Å²) < 4.78 is 0. The minimum atomic E-state index is 0.189. The maximum atomic E-state index is 11.9. The fourth-order valence-corrected chi connectivity index (χ4v) is 2.91. The van der Waals surface area contributed by atoms with Crippen LogP contribution in [0.3, 0.4) is 0 Å². The molecule has 0 aliphatic heterocycles. The monoisotopic (exact) mass is 194 g/mol. The molecule has 1 saturated carbocycles. The molecule has 2 atom stereocenters. The van der Waals surface area contributed by atoms with Gasteiger partial charge < -0.3 is 0 Å². The standard InChI is InChI=1S/C13H22O/c1-5-7-11(14)12-10(2)8-6-9-13(12,3)4/h5,7,10,12H,6,8-9H2,1-4H3/t10-,12+/m1/s1. The minimum absolute atomic E-state index is 0.189. The van der Waals surface area contributed by atoms with Gasteiger partial charge in [0.25, 0.3) is 0 Å². The molecule has 0 aromatic carbocycles. The summed E-state index contributed by atoms with van der Waals surface area (Å²) in [5.41, 5.74) is 0.189. The quantitative estimate of drug-likeness (QED) is 0.614. The lowest BCUT2D eigenvalue weighted by molar-refractivity contribution is -0.125. The highest BCUT2D eigenvalue weighted by Crippen LogP contribution is 2.44. The first-order valence-electron chi connectivity index (χ1n) is 5.65. The van der Waals surface area contributed by atoms with Gasteiger partial charge in [0.1, 0.15) is 0 Å². The van der Waals surface area contributed by atoms with Crippen molar-refractivity contribution in [2.75, 3.05) is 0 Å². The van der Waals surface area contributed by atoms with Crippen molar-refractivity contribution in [2.45, 2.75) is 47.0 Å². The Bertz CT molecular complexity index is 238. The molecular formula is C13H22O. The highest BCUT2D eigenvalue weighted by molar-refractivity contribution is 5.92. The van der Waals surface area contributed by atoms with Crippen molar-refractivity contribution in [1.29, 1.82) is 0 Å².